The number of hydrogen-bond donors (Lipinski definition) is 1. The van der Waals surface area contributed by atoms with E-state index < -0.39 is 0 Å². The van der Waals surface area contributed by atoms with Crippen LogP contribution in [0.25, 0.3) is 11.1 Å². The molecule has 2 N–H and O–H groups in total. The van der Waals surface area contributed by atoms with Gasteiger partial charge < -0.3 is 15.0 Å². The van der Waals surface area contributed by atoms with Crippen LogP contribution in [0.4, 0.5) is 5.88 Å². The number of benzene rings is 1. The smallest absolute Gasteiger partial charge is 0.230 e. The Labute approximate surface area is 104 Å². The van der Waals surface area contributed by atoms with Crippen molar-refractivity contribution in [2.24, 2.45) is 0 Å². The van der Waals surface area contributed by atoms with Gasteiger partial charge in [0.2, 0.25) is 5.88 Å². The van der Waals surface area contributed by atoms with Crippen LogP contribution in [-0.4, -0.2) is 12.3 Å². The van der Waals surface area contributed by atoms with Crippen LogP contribution in [0.1, 0.15) is 11.1 Å². The van der Waals surface area contributed by atoms with Crippen molar-refractivity contribution in [2.75, 3.05) is 12.8 Å². The molecule has 2 rings (SSSR count). The zero-order chi connectivity index (χ0) is 12.6. The van der Waals surface area contributed by atoms with Gasteiger partial charge in [-0.3, -0.25) is 0 Å². The minimum Gasteiger partial charge on any atom is -0.496 e. The average molecular weight is 253 g/mol. The van der Waals surface area contributed by atoms with Crippen molar-refractivity contribution in [1.29, 1.82) is 0 Å². The lowest BCUT2D eigenvalue weighted by Gasteiger charge is -2.14. The molecule has 2 aromatic rings. The SMILES string of the molecule is COc1c(C)cc(Cl)c(C)c1-c1cnoc1N. The maximum Gasteiger partial charge on any atom is 0.230 e. The number of hydrogen-bond acceptors (Lipinski definition) is 4. The minimum atomic E-state index is 0.257. The maximum absolute atomic E-state index is 6.17. The maximum atomic E-state index is 6.17. The summed E-state index contributed by atoms with van der Waals surface area (Å²) in [5, 5.41) is 4.34. The summed E-state index contributed by atoms with van der Waals surface area (Å²) in [5.74, 6) is 0.995. The second-order valence-electron chi connectivity index (χ2n) is 3.81. The fourth-order valence-corrected chi connectivity index (χ4v) is 2.13. The second-order valence-corrected chi connectivity index (χ2v) is 4.22. The minimum absolute atomic E-state index is 0.257. The Hall–Kier alpha value is -1.68. The Morgan fingerprint density at radius 3 is 2.65 bits per heavy atom. The first-order valence-corrected chi connectivity index (χ1v) is 5.48. The number of nitrogens with two attached hydrogens (primary N) is 1. The number of methoxy groups -OCH3 is 1. The van der Waals surface area contributed by atoms with E-state index in [2.05, 4.69) is 5.16 Å². The normalized spacial score (nSPS) is 10.6. The quantitative estimate of drug-likeness (QED) is 0.892. The average Bonchev–Trinajstić information content (AvgIpc) is 2.69. The summed E-state index contributed by atoms with van der Waals surface area (Å²) in [7, 11) is 1.61. The summed E-state index contributed by atoms with van der Waals surface area (Å²) in [6, 6.07) is 1.86. The van der Waals surface area contributed by atoms with Crippen molar-refractivity contribution in [3.05, 3.63) is 28.4 Å². The predicted octanol–water partition coefficient (Wildman–Crippen LogP) is 3.20. The second kappa shape index (κ2) is 4.30. The molecular weight excluding hydrogens is 240 g/mol. The molecule has 0 atom stereocenters. The number of nitrogens with zero attached hydrogens (tertiary/aromatic N) is 1. The Balaban J connectivity index is 2.80. The first-order valence-electron chi connectivity index (χ1n) is 5.10. The fraction of sp³-hybridized carbons (Fsp3) is 0.250. The van der Waals surface area contributed by atoms with Gasteiger partial charge in [-0.1, -0.05) is 16.8 Å². The van der Waals surface area contributed by atoms with Crippen molar-refractivity contribution in [2.45, 2.75) is 13.8 Å². The van der Waals surface area contributed by atoms with Crippen LogP contribution in [0, 0.1) is 13.8 Å². The van der Waals surface area contributed by atoms with Crippen molar-refractivity contribution < 1.29 is 9.26 Å². The molecule has 1 aromatic carbocycles. The van der Waals surface area contributed by atoms with E-state index in [1.54, 1.807) is 13.3 Å². The van der Waals surface area contributed by atoms with Gasteiger partial charge in [-0.2, -0.15) is 0 Å². The number of rotatable bonds is 2. The summed E-state index contributed by atoms with van der Waals surface area (Å²) < 4.78 is 10.3. The molecule has 5 heteroatoms. The number of nitrogen functional groups attached to an aromatic ring is 1. The molecule has 1 heterocycles. The number of anilines is 1. The standard InChI is InChI=1S/C12H13ClN2O2/c1-6-4-9(13)7(2)10(11(6)16-3)8-5-15-17-12(8)14/h4-5H,14H2,1-3H3. The van der Waals surface area contributed by atoms with E-state index >= 15 is 0 Å². The van der Waals surface area contributed by atoms with Crippen LogP contribution >= 0.6 is 11.6 Å². The van der Waals surface area contributed by atoms with E-state index in [9.17, 15) is 0 Å². The summed E-state index contributed by atoms with van der Waals surface area (Å²) in [5.41, 5.74) is 9.10. The van der Waals surface area contributed by atoms with Gasteiger partial charge in [0.15, 0.2) is 0 Å². The van der Waals surface area contributed by atoms with Gasteiger partial charge in [0, 0.05) is 10.6 Å². The van der Waals surface area contributed by atoms with E-state index in [0.717, 1.165) is 22.4 Å². The molecule has 0 saturated heterocycles. The van der Waals surface area contributed by atoms with Crippen molar-refractivity contribution >= 4 is 17.5 Å². The summed E-state index contributed by atoms with van der Waals surface area (Å²) >= 11 is 6.17. The highest BCUT2D eigenvalue weighted by molar-refractivity contribution is 6.32. The molecule has 0 aliphatic rings. The highest BCUT2D eigenvalue weighted by Crippen LogP contribution is 2.41. The van der Waals surface area contributed by atoms with Gasteiger partial charge in [0.05, 0.1) is 18.9 Å². The Morgan fingerprint density at radius 1 is 1.41 bits per heavy atom. The van der Waals surface area contributed by atoms with Gasteiger partial charge in [-0.15, -0.1) is 0 Å². The van der Waals surface area contributed by atoms with Crippen LogP contribution in [-0.2, 0) is 0 Å². The lowest BCUT2D eigenvalue weighted by atomic mass is 9.98. The van der Waals surface area contributed by atoms with Gasteiger partial charge in [-0.05, 0) is 31.0 Å². The molecule has 90 valence electrons. The zero-order valence-electron chi connectivity index (χ0n) is 9.87. The fourth-order valence-electron chi connectivity index (χ4n) is 1.87. The van der Waals surface area contributed by atoms with Crippen LogP contribution in [0.2, 0.25) is 5.02 Å². The topological polar surface area (TPSA) is 61.3 Å². The number of halogens is 1. The van der Waals surface area contributed by atoms with Crippen molar-refractivity contribution in [3.8, 4) is 16.9 Å². The van der Waals surface area contributed by atoms with Gasteiger partial charge >= 0.3 is 0 Å². The highest BCUT2D eigenvalue weighted by Gasteiger charge is 2.19. The molecule has 0 amide bonds. The van der Waals surface area contributed by atoms with E-state index in [0.29, 0.717) is 10.6 Å². The highest BCUT2D eigenvalue weighted by atomic mass is 35.5. The molecule has 17 heavy (non-hydrogen) atoms. The van der Waals surface area contributed by atoms with Crippen LogP contribution in [0.3, 0.4) is 0 Å². The van der Waals surface area contributed by atoms with Crippen molar-refractivity contribution in [3.63, 3.8) is 0 Å². The van der Waals surface area contributed by atoms with Crippen LogP contribution in [0.5, 0.6) is 5.75 Å². The molecule has 0 saturated carbocycles. The Bertz CT molecular complexity index is 564. The van der Waals surface area contributed by atoms with E-state index in [1.807, 2.05) is 19.9 Å². The summed E-state index contributed by atoms with van der Waals surface area (Å²) in [6.45, 7) is 3.84. The number of ether oxygens (including phenoxy) is 1. The molecule has 0 bridgehead atoms. The molecule has 0 aliphatic carbocycles. The molecule has 0 spiro atoms. The zero-order valence-corrected chi connectivity index (χ0v) is 10.6. The van der Waals surface area contributed by atoms with E-state index in [1.165, 1.54) is 0 Å². The predicted molar refractivity (Wildman–Crippen MR) is 67.4 cm³/mol. The van der Waals surface area contributed by atoms with Gasteiger partial charge in [0.1, 0.15) is 5.75 Å². The molecule has 0 aliphatic heterocycles. The molecular formula is C12H13ClN2O2. The third kappa shape index (κ3) is 1.85. The lowest BCUT2D eigenvalue weighted by Crippen LogP contribution is -1.96. The molecule has 4 nitrogen and oxygen atoms in total. The third-order valence-electron chi connectivity index (χ3n) is 2.73. The first-order chi connectivity index (χ1) is 8.06. The molecule has 0 radical (unpaired) electrons. The Kier molecular flexibility index (Phi) is 2.98. The van der Waals surface area contributed by atoms with Crippen molar-refractivity contribution in [1.82, 2.24) is 5.16 Å². The lowest BCUT2D eigenvalue weighted by molar-refractivity contribution is 0.413. The van der Waals surface area contributed by atoms with Crippen LogP contribution < -0.4 is 10.5 Å². The van der Waals surface area contributed by atoms with Gasteiger partial charge in [-0.25, -0.2) is 0 Å². The van der Waals surface area contributed by atoms with Crippen LogP contribution in [0.15, 0.2) is 16.8 Å². The Morgan fingerprint density at radius 2 is 2.12 bits per heavy atom. The molecule has 1 aromatic heterocycles. The summed E-state index contributed by atoms with van der Waals surface area (Å²) in [6.07, 6.45) is 1.57. The third-order valence-corrected chi connectivity index (χ3v) is 3.13. The molecule has 0 fully saturated rings. The first kappa shape index (κ1) is 11.8. The van der Waals surface area contributed by atoms with E-state index in [-0.39, 0.29) is 5.88 Å². The number of aromatic nitrogens is 1. The molecule has 0 unspecified atom stereocenters. The summed E-state index contributed by atoms with van der Waals surface area (Å²) in [4.78, 5) is 0. The van der Waals surface area contributed by atoms with Gasteiger partial charge in [0.25, 0.3) is 0 Å². The monoisotopic (exact) mass is 252 g/mol. The number of aryl methyl sites for hydroxylation is 1. The largest absolute Gasteiger partial charge is 0.496 e. The van der Waals surface area contributed by atoms with E-state index in [4.69, 9.17) is 26.6 Å².